The number of aryl methyl sites for hydroxylation is 1. The third kappa shape index (κ3) is 4.72. The Balaban J connectivity index is 1.82. The molecule has 1 atom stereocenters. The SMILES string of the molecule is Cc1cccc(OC(C)C(=O)NCC2(O)CCOCC2)c1. The van der Waals surface area contributed by atoms with Crippen LogP contribution in [0.3, 0.4) is 0 Å². The molecule has 2 rings (SSSR count). The minimum absolute atomic E-state index is 0.226. The largest absolute Gasteiger partial charge is 0.481 e. The number of rotatable bonds is 5. The summed E-state index contributed by atoms with van der Waals surface area (Å²) >= 11 is 0. The molecule has 1 aromatic carbocycles. The zero-order valence-corrected chi connectivity index (χ0v) is 12.6. The summed E-state index contributed by atoms with van der Waals surface area (Å²) in [4.78, 5) is 12.0. The van der Waals surface area contributed by atoms with E-state index in [1.54, 1.807) is 6.92 Å². The van der Waals surface area contributed by atoms with Gasteiger partial charge >= 0.3 is 0 Å². The Kier molecular flexibility index (Phi) is 5.20. The molecular formula is C16H23NO4. The molecular weight excluding hydrogens is 270 g/mol. The van der Waals surface area contributed by atoms with Crippen LogP contribution in [-0.2, 0) is 9.53 Å². The average molecular weight is 293 g/mol. The summed E-state index contributed by atoms with van der Waals surface area (Å²) in [5.74, 6) is 0.443. The number of hydrogen-bond acceptors (Lipinski definition) is 4. The molecule has 1 unspecified atom stereocenters. The van der Waals surface area contributed by atoms with Crippen LogP contribution in [0.4, 0.5) is 0 Å². The van der Waals surface area contributed by atoms with Crippen molar-refractivity contribution >= 4 is 5.91 Å². The van der Waals surface area contributed by atoms with E-state index in [4.69, 9.17) is 9.47 Å². The fraction of sp³-hybridized carbons (Fsp3) is 0.562. The molecule has 21 heavy (non-hydrogen) atoms. The summed E-state index contributed by atoms with van der Waals surface area (Å²) in [6, 6.07) is 7.57. The van der Waals surface area contributed by atoms with E-state index in [2.05, 4.69) is 5.32 Å². The quantitative estimate of drug-likeness (QED) is 0.861. The molecule has 5 nitrogen and oxygen atoms in total. The van der Waals surface area contributed by atoms with Crippen molar-refractivity contribution in [1.82, 2.24) is 5.32 Å². The van der Waals surface area contributed by atoms with E-state index in [0.717, 1.165) is 5.56 Å². The molecule has 0 bridgehead atoms. The number of amides is 1. The maximum Gasteiger partial charge on any atom is 0.260 e. The molecule has 0 spiro atoms. The van der Waals surface area contributed by atoms with Gasteiger partial charge in [0.05, 0.1) is 5.60 Å². The lowest BCUT2D eigenvalue weighted by Gasteiger charge is -2.32. The summed E-state index contributed by atoms with van der Waals surface area (Å²) in [6.45, 7) is 4.96. The lowest BCUT2D eigenvalue weighted by molar-refractivity contribution is -0.130. The summed E-state index contributed by atoms with van der Waals surface area (Å²) < 4.78 is 10.8. The zero-order chi connectivity index (χ0) is 15.3. The Labute approximate surface area is 125 Å². The molecule has 0 saturated carbocycles. The molecule has 1 amide bonds. The highest BCUT2D eigenvalue weighted by Gasteiger charge is 2.30. The molecule has 0 aromatic heterocycles. The first-order valence-electron chi connectivity index (χ1n) is 7.30. The second-order valence-corrected chi connectivity index (χ2v) is 5.63. The molecule has 1 aliphatic rings. The van der Waals surface area contributed by atoms with Crippen molar-refractivity contribution in [3.63, 3.8) is 0 Å². The van der Waals surface area contributed by atoms with Crippen LogP contribution in [0.15, 0.2) is 24.3 Å². The van der Waals surface area contributed by atoms with Gasteiger partial charge in [0.2, 0.25) is 0 Å². The van der Waals surface area contributed by atoms with Gasteiger partial charge < -0.3 is 19.9 Å². The zero-order valence-electron chi connectivity index (χ0n) is 12.6. The highest BCUT2D eigenvalue weighted by Crippen LogP contribution is 2.19. The Morgan fingerprint density at radius 3 is 2.86 bits per heavy atom. The molecule has 1 heterocycles. The normalized spacial score (nSPS) is 18.8. The van der Waals surface area contributed by atoms with Gasteiger partial charge in [-0.3, -0.25) is 4.79 Å². The maximum absolute atomic E-state index is 12.0. The number of hydrogen-bond donors (Lipinski definition) is 2. The predicted molar refractivity (Wildman–Crippen MR) is 79.3 cm³/mol. The van der Waals surface area contributed by atoms with Crippen LogP contribution in [-0.4, -0.2) is 42.5 Å². The predicted octanol–water partition coefficient (Wildman–Crippen LogP) is 1.42. The van der Waals surface area contributed by atoms with Gasteiger partial charge in [-0.1, -0.05) is 12.1 Å². The maximum atomic E-state index is 12.0. The summed E-state index contributed by atoms with van der Waals surface area (Å²) in [7, 11) is 0. The first kappa shape index (κ1) is 15.8. The number of nitrogens with one attached hydrogen (secondary N) is 1. The lowest BCUT2D eigenvalue weighted by atomic mass is 9.94. The minimum atomic E-state index is -0.864. The van der Waals surface area contributed by atoms with E-state index in [1.165, 1.54) is 0 Å². The van der Waals surface area contributed by atoms with Crippen LogP contribution in [0.25, 0.3) is 0 Å². The van der Waals surface area contributed by atoms with E-state index in [-0.39, 0.29) is 12.5 Å². The van der Waals surface area contributed by atoms with Gasteiger partial charge in [-0.05, 0) is 31.5 Å². The van der Waals surface area contributed by atoms with Crippen LogP contribution in [0.1, 0.15) is 25.3 Å². The van der Waals surface area contributed by atoms with E-state index < -0.39 is 11.7 Å². The Hall–Kier alpha value is -1.59. The van der Waals surface area contributed by atoms with E-state index in [1.807, 2.05) is 31.2 Å². The number of carbonyl (C=O) groups is 1. The highest BCUT2D eigenvalue weighted by molar-refractivity contribution is 5.80. The molecule has 1 aliphatic heterocycles. The summed E-state index contributed by atoms with van der Waals surface area (Å²) in [6.07, 6.45) is 0.482. The Morgan fingerprint density at radius 1 is 1.48 bits per heavy atom. The van der Waals surface area contributed by atoms with Crippen LogP contribution in [0, 0.1) is 6.92 Å². The van der Waals surface area contributed by atoms with Gasteiger partial charge in [-0.15, -0.1) is 0 Å². The van der Waals surface area contributed by atoms with Gasteiger partial charge in [0.25, 0.3) is 5.91 Å². The lowest BCUT2D eigenvalue weighted by Crippen LogP contribution is -2.49. The number of ether oxygens (including phenoxy) is 2. The van der Waals surface area contributed by atoms with E-state index in [9.17, 15) is 9.90 Å². The second-order valence-electron chi connectivity index (χ2n) is 5.63. The fourth-order valence-corrected chi connectivity index (χ4v) is 2.27. The average Bonchev–Trinajstić information content (AvgIpc) is 2.45. The molecule has 2 N–H and O–H groups in total. The van der Waals surface area contributed by atoms with Crippen molar-refractivity contribution in [2.75, 3.05) is 19.8 Å². The van der Waals surface area contributed by atoms with E-state index in [0.29, 0.717) is 31.8 Å². The van der Waals surface area contributed by atoms with Crippen molar-refractivity contribution < 1.29 is 19.4 Å². The van der Waals surface area contributed by atoms with Gasteiger partial charge in [0.1, 0.15) is 5.75 Å². The van der Waals surface area contributed by atoms with Crippen molar-refractivity contribution in [2.24, 2.45) is 0 Å². The van der Waals surface area contributed by atoms with Gasteiger partial charge in [0.15, 0.2) is 6.10 Å². The monoisotopic (exact) mass is 293 g/mol. The van der Waals surface area contributed by atoms with Crippen LogP contribution >= 0.6 is 0 Å². The fourth-order valence-electron chi connectivity index (χ4n) is 2.27. The van der Waals surface area contributed by atoms with Crippen molar-refractivity contribution in [3.8, 4) is 5.75 Å². The third-order valence-electron chi connectivity index (χ3n) is 3.69. The first-order chi connectivity index (χ1) is 9.98. The van der Waals surface area contributed by atoms with Gasteiger partial charge in [-0.25, -0.2) is 0 Å². The van der Waals surface area contributed by atoms with E-state index >= 15 is 0 Å². The minimum Gasteiger partial charge on any atom is -0.481 e. The van der Waals surface area contributed by atoms with Gasteiger partial charge in [0, 0.05) is 32.6 Å². The summed E-state index contributed by atoms with van der Waals surface area (Å²) in [5, 5.41) is 13.1. The Morgan fingerprint density at radius 2 is 2.19 bits per heavy atom. The number of benzene rings is 1. The first-order valence-corrected chi connectivity index (χ1v) is 7.30. The van der Waals surface area contributed by atoms with Gasteiger partial charge in [-0.2, -0.15) is 0 Å². The number of carbonyl (C=O) groups excluding carboxylic acids is 1. The second kappa shape index (κ2) is 6.91. The Bertz CT molecular complexity index is 483. The van der Waals surface area contributed by atoms with Crippen LogP contribution < -0.4 is 10.1 Å². The van der Waals surface area contributed by atoms with Crippen LogP contribution in [0.2, 0.25) is 0 Å². The molecule has 0 radical (unpaired) electrons. The summed E-state index contributed by atoms with van der Waals surface area (Å²) in [5.41, 5.74) is 0.216. The molecule has 1 aromatic rings. The van der Waals surface area contributed by atoms with Crippen molar-refractivity contribution in [3.05, 3.63) is 29.8 Å². The molecule has 1 fully saturated rings. The smallest absolute Gasteiger partial charge is 0.260 e. The van der Waals surface area contributed by atoms with Crippen LogP contribution in [0.5, 0.6) is 5.75 Å². The third-order valence-corrected chi connectivity index (χ3v) is 3.69. The molecule has 5 heteroatoms. The standard InChI is InChI=1S/C16H23NO4/c1-12-4-3-5-14(10-12)21-13(2)15(18)17-11-16(19)6-8-20-9-7-16/h3-5,10,13,19H,6-9,11H2,1-2H3,(H,17,18). The highest BCUT2D eigenvalue weighted by atomic mass is 16.5. The molecule has 1 saturated heterocycles. The number of aliphatic hydroxyl groups is 1. The van der Waals surface area contributed by atoms with Crippen molar-refractivity contribution in [1.29, 1.82) is 0 Å². The van der Waals surface area contributed by atoms with Crippen molar-refractivity contribution in [2.45, 2.75) is 38.4 Å². The molecule has 116 valence electrons. The molecule has 0 aliphatic carbocycles. The topological polar surface area (TPSA) is 67.8 Å².